The summed E-state index contributed by atoms with van der Waals surface area (Å²) >= 11 is 1.44. The molecule has 2 rings (SSSR count). The van der Waals surface area contributed by atoms with Gasteiger partial charge in [0.2, 0.25) is 5.91 Å². The Labute approximate surface area is 129 Å². The lowest BCUT2D eigenvalue weighted by atomic mass is 9.97. The van der Waals surface area contributed by atoms with Gasteiger partial charge < -0.3 is 16.0 Å². The molecule has 1 saturated heterocycles. The monoisotopic (exact) mass is 309 g/mol. The van der Waals surface area contributed by atoms with Crippen LogP contribution in [0.5, 0.6) is 0 Å². The van der Waals surface area contributed by atoms with Crippen LogP contribution in [0.15, 0.2) is 12.1 Å². The highest BCUT2D eigenvalue weighted by atomic mass is 32.1. The van der Waals surface area contributed by atoms with Crippen LogP contribution in [-0.4, -0.2) is 35.3 Å². The minimum atomic E-state index is -0.0654. The molecule has 0 saturated carbocycles. The summed E-state index contributed by atoms with van der Waals surface area (Å²) in [5.74, 6) is 0.000373. The van der Waals surface area contributed by atoms with Gasteiger partial charge in [0.05, 0.1) is 11.4 Å². The molecule has 5 nitrogen and oxygen atoms in total. The van der Waals surface area contributed by atoms with Crippen LogP contribution in [0.4, 0.5) is 0 Å². The van der Waals surface area contributed by atoms with E-state index in [9.17, 15) is 9.59 Å². The van der Waals surface area contributed by atoms with E-state index < -0.39 is 0 Å². The zero-order chi connectivity index (χ0) is 15.4. The molecule has 6 heteroatoms. The first-order chi connectivity index (χ1) is 9.99. The van der Waals surface area contributed by atoms with E-state index in [1.807, 2.05) is 24.0 Å². The summed E-state index contributed by atoms with van der Waals surface area (Å²) in [4.78, 5) is 27.2. The maximum Gasteiger partial charge on any atom is 0.264 e. The third-order valence-corrected chi connectivity index (χ3v) is 4.87. The fourth-order valence-electron chi connectivity index (χ4n) is 2.70. The maximum atomic E-state index is 12.7. The molecule has 1 aliphatic rings. The number of carbonyl (C=O) groups excluding carboxylic acids is 2. The minimum Gasteiger partial charge on any atom is -0.351 e. The molecule has 0 aliphatic carbocycles. The number of nitrogens with two attached hydrogens (primary N) is 1. The number of carbonyl (C=O) groups is 2. The van der Waals surface area contributed by atoms with Gasteiger partial charge in [-0.1, -0.05) is 0 Å². The lowest BCUT2D eigenvalue weighted by Gasteiger charge is -2.37. The summed E-state index contributed by atoms with van der Waals surface area (Å²) < 4.78 is 0. The van der Waals surface area contributed by atoms with Crippen molar-refractivity contribution >= 4 is 23.2 Å². The van der Waals surface area contributed by atoms with Gasteiger partial charge in [-0.25, -0.2) is 0 Å². The third kappa shape index (κ3) is 4.04. The highest BCUT2D eigenvalue weighted by Crippen LogP contribution is 2.24. The van der Waals surface area contributed by atoms with Crippen LogP contribution in [0.3, 0.4) is 0 Å². The quantitative estimate of drug-likeness (QED) is 0.889. The van der Waals surface area contributed by atoms with Crippen molar-refractivity contribution in [1.29, 1.82) is 0 Å². The topological polar surface area (TPSA) is 75.4 Å². The van der Waals surface area contributed by atoms with Crippen molar-refractivity contribution in [3.8, 4) is 0 Å². The van der Waals surface area contributed by atoms with Crippen LogP contribution in [0, 0.1) is 0 Å². The van der Waals surface area contributed by atoms with Crippen LogP contribution in [0.1, 0.15) is 47.7 Å². The number of amides is 2. The lowest BCUT2D eigenvalue weighted by Crippen LogP contribution is -2.51. The van der Waals surface area contributed by atoms with Crippen LogP contribution >= 0.6 is 11.3 Å². The lowest BCUT2D eigenvalue weighted by molar-refractivity contribution is -0.119. The van der Waals surface area contributed by atoms with Gasteiger partial charge in [0, 0.05) is 30.4 Å². The van der Waals surface area contributed by atoms with E-state index >= 15 is 0 Å². The molecule has 2 heterocycles. The largest absolute Gasteiger partial charge is 0.351 e. The molecule has 2 atom stereocenters. The number of thiophene rings is 1. The van der Waals surface area contributed by atoms with Gasteiger partial charge in [-0.2, -0.15) is 0 Å². The molecule has 0 spiro atoms. The molecular weight excluding hydrogens is 286 g/mol. The summed E-state index contributed by atoms with van der Waals surface area (Å²) in [6.45, 7) is 4.71. The number of nitrogens with zero attached hydrogens (tertiary/aromatic N) is 1. The minimum absolute atomic E-state index is 0.00642. The molecule has 1 aliphatic heterocycles. The zero-order valence-corrected chi connectivity index (χ0v) is 13.4. The molecule has 1 fully saturated rings. The van der Waals surface area contributed by atoms with E-state index in [1.165, 1.54) is 18.3 Å². The predicted octanol–water partition coefficient (Wildman–Crippen LogP) is 1.73. The van der Waals surface area contributed by atoms with Crippen LogP contribution in [-0.2, 0) is 11.3 Å². The van der Waals surface area contributed by atoms with E-state index in [0.717, 1.165) is 35.6 Å². The Kier molecular flexibility index (Phi) is 5.36. The van der Waals surface area contributed by atoms with E-state index in [0.29, 0.717) is 6.54 Å². The molecule has 116 valence electrons. The van der Waals surface area contributed by atoms with Crippen molar-refractivity contribution in [2.24, 2.45) is 5.73 Å². The second kappa shape index (κ2) is 7.04. The van der Waals surface area contributed by atoms with Crippen molar-refractivity contribution in [2.45, 2.75) is 51.7 Å². The predicted molar refractivity (Wildman–Crippen MR) is 84.2 cm³/mol. The third-order valence-electron chi connectivity index (χ3n) is 3.80. The first-order valence-corrected chi connectivity index (χ1v) is 8.20. The van der Waals surface area contributed by atoms with E-state index in [1.54, 1.807) is 0 Å². The highest BCUT2D eigenvalue weighted by molar-refractivity contribution is 7.14. The Morgan fingerprint density at radius 1 is 1.48 bits per heavy atom. The molecule has 0 radical (unpaired) electrons. The van der Waals surface area contributed by atoms with Gasteiger partial charge in [-0.3, -0.25) is 9.59 Å². The highest BCUT2D eigenvalue weighted by Gasteiger charge is 2.30. The zero-order valence-electron chi connectivity index (χ0n) is 12.6. The number of likely N-dealkylation sites (tertiary alicyclic amines) is 1. The van der Waals surface area contributed by atoms with E-state index in [-0.39, 0.29) is 23.9 Å². The Bertz CT molecular complexity index is 513. The Morgan fingerprint density at radius 3 is 2.90 bits per heavy atom. The Morgan fingerprint density at radius 2 is 2.24 bits per heavy atom. The molecule has 21 heavy (non-hydrogen) atoms. The molecule has 0 aromatic carbocycles. The van der Waals surface area contributed by atoms with Gasteiger partial charge in [0.1, 0.15) is 0 Å². The van der Waals surface area contributed by atoms with E-state index in [4.69, 9.17) is 5.73 Å². The normalized spacial score (nSPS) is 20.1. The van der Waals surface area contributed by atoms with Gasteiger partial charge >= 0.3 is 0 Å². The van der Waals surface area contributed by atoms with E-state index in [2.05, 4.69) is 5.32 Å². The van der Waals surface area contributed by atoms with Crippen LogP contribution < -0.4 is 11.1 Å². The summed E-state index contributed by atoms with van der Waals surface area (Å²) in [5, 5.41) is 2.75. The summed E-state index contributed by atoms with van der Waals surface area (Å²) in [6.07, 6.45) is 3.15. The molecule has 0 unspecified atom stereocenters. The second-order valence-corrected chi connectivity index (χ2v) is 6.76. The molecule has 3 N–H and O–H groups in total. The number of hydrogen-bond acceptors (Lipinski definition) is 4. The molecule has 0 bridgehead atoms. The van der Waals surface area contributed by atoms with Crippen molar-refractivity contribution in [3.05, 3.63) is 21.9 Å². The number of nitrogens with one attached hydrogen (secondary N) is 1. The van der Waals surface area contributed by atoms with Crippen LogP contribution in [0.2, 0.25) is 0 Å². The number of hydrogen-bond donors (Lipinski definition) is 2. The van der Waals surface area contributed by atoms with Gasteiger partial charge in [-0.15, -0.1) is 11.3 Å². The van der Waals surface area contributed by atoms with Crippen LogP contribution in [0.25, 0.3) is 0 Å². The number of rotatable bonds is 4. The average molecular weight is 309 g/mol. The molecule has 2 amide bonds. The average Bonchev–Trinajstić information content (AvgIpc) is 2.93. The second-order valence-electron chi connectivity index (χ2n) is 5.60. The van der Waals surface area contributed by atoms with Gasteiger partial charge in [0.15, 0.2) is 0 Å². The maximum absolute atomic E-state index is 12.7. The van der Waals surface area contributed by atoms with Crippen molar-refractivity contribution in [2.75, 3.05) is 6.54 Å². The first-order valence-electron chi connectivity index (χ1n) is 7.38. The summed E-state index contributed by atoms with van der Waals surface area (Å²) in [5.41, 5.74) is 6.02. The molecule has 1 aromatic heterocycles. The Hall–Kier alpha value is -1.40. The molecular formula is C15H23N3O2S. The smallest absolute Gasteiger partial charge is 0.264 e. The SMILES string of the molecule is CC(=O)NCc1ccc(C(=O)N2CCCC[C@H]2[C@@H](C)N)s1. The van der Waals surface area contributed by atoms with Crippen molar-refractivity contribution < 1.29 is 9.59 Å². The fourth-order valence-corrected chi connectivity index (χ4v) is 3.60. The first kappa shape index (κ1) is 16.0. The molecule has 1 aromatic rings. The van der Waals surface area contributed by atoms with Gasteiger partial charge in [-0.05, 0) is 38.3 Å². The van der Waals surface area contributed by atoms with Crippen molar-refractivity contribution in [1.82, 2.24) is 10.2 Å². The fraction of sp³-hybridized carbons (Fsp3) is 0.600. The summed E-state index contributed by atoms with van der Waals surface area (Å²) in [6, 6.07) is 3.87. The summed E-state index contributed by atoms with van der Waals surface area (Å²) in [7, 11) is 0. The Balaban J connectivity index is 2.06. The van der Waals surface area contributed by atoms with Crippen molar-refractivity contribution in [3.63, 3.8) is 0 Å². The number of piperidine rings is 1. The van der Waals surface area contributed by atoms with Gasteiger partial charge in [0.25, 0.3) is 5.91 Å². The standard InChI is InChI=1S/C15H23N3O2S/c1-10(16)13-5-3-4-8-18(13)15(20)14-7-6-12(21-14)9-17-11(2)19/h6-7,10,13H,3-5,8-9,16H2,1-2H3,(H,17,19)/t10-,13+/m1/s1.